The van der Waals surface area contributed by atoms with E-state index in [4.69, 9.17) is 42.1 Å². The summed E-state index contributed by atoms with van der Waals surface area (Å²) in [4.78, 5) is 30.7. The third kappa shape index (κ3) is 8.14. The van der Waals surface area contributed by atoms with Crippen molar-refractivity contribution in [2.75, 3.05) is 38.8 Å². The molecule has 3 aliphatic rings. The highest BCUT2D eigenvalue weighted by molar-refractivity contribution is 6.35. The Hall–Kier alpha value is -4.65. The van der Waals surface area contributed by atoms with Crippen LogP contribution < -0.4 is 19.1 Å². The fourth-order valence-electron chi connectivity index (χ4n) is 6.55. The lowest BCUT2D eigenvalue weighted by Crippen LogP contribution is -2.53. The predicted octanol–water partition coefficient (Wildman–Crippen LogP) is 7.30. The summed E-state index contributed by atoms with van der Waals surface area (Å²) >= 11 is 12.8. The van der Waals surface area contributed by atoms with Crippen molar-refractivity contribution >= 4 is 41.0 Å². The van der Waals surface area contributed by atoms with Crippen LogP contribution in [0.4, 0.5) is 19.3 Å². The molecule has 2 bridgehead atoms. The first-order valence-corrected chi connectivity index (χ1v) is 17.0. The number of fused-ring (bicyclic) bond motifs is 3. The maximum absolute atomic E-state index is 15.2. The summed E-state index contributed by atoms with van der Waals surface area (Å²) in [7, 11) is 2.96. The highest BCUT2D eigenvalue weighted by Gasteiger charge is 2.38. The molecule has 0 N–H and O–H groups in total. The summed E-state index contributed by atoms with van der Waals surface area (Å²) in [5.74, 6) is -2.02. The Balaban J connectivity index is 1.28. The monoisotopic (exact) mass is 741 g/mol. The minimum Gasteiger partial charge on any atom is -0.619 e. The van der Waals surface area contributed by atoms with Gasteiger partial charge in [0.2, 0.25) is 0 Å². The lowest BCUT2D eigenvalue weighted by molar-refractivity contribution is -0.605. The second-order valence-electron chi connectivity index (χ2n) is 12.4. The highest BCUT2D eigenvalue weighted by Crippen LogP contribution is 2.36. The molecule has 3 aliphatic heterocycles. The van der Waals surface area contributed by atoms with Gasteiger partial charge in [0.25, 0.3) is 0 Å². The molecule has 10 nitrogen and oxygen atoms in total. The molecule has 3 saturated heterocycles. The van der Waals surface area contributed by atoms with E-state index in [1.807, 2.05) is 0 Å². The first-order chi connectivity index (χ1) is 24.5. The molecular weight excluding hydrogens is 707 g/mol. The Kier molecular flexibility index (Phi) is 11.1. The van der Waals surface area contributed by atoms with Gasteiger partial charge < -0.3 is 24.2 Å². The van der Waals surface area contributed by atoms with Crippen LogP contribution in [-0.2, 0) is 22.4 Å². The van der Waals surface area contributed by atoms with Crippen molar-refractivity contribution in [2.45, 2.75) is 38.0 Å². The fourth-order valence-corrected chi connectivity index (χ4v) is 7.15. The zero-order valence-electron chi connectivity index (χ0n) is 27.8. The van der Waals surface area contributed by atoms with Gasteiger partial charge in [0.05, 0.1) is 32.0 Å². The van der Waals surface area contributed by atoms with E-state index in [-0.39, 0.29) is 46.3 Å². The normalized spacial score (nSPS) is 18.5. The second kappa shape index (κ2) is 15.7. The summed E-state index contributed by atoms with van der Waals surface area (Å²) < 4.78 is 52.8. The molecule has 1 amide bonds. The van der Waals surface area contributed by atoms with Crippen LogP contribution in [-0.4, -0.2) is 56.9 Å². The average Bonchev–Trinajstić information content (AvgIpc) is 3.13. The van der Waals surface area contributed by atoms with Crippen LogP contribution in [0, 0.1) is 22.8 Å². The third-order valence-electron chi connectivity index (χ3n) is 9.27. The molecule has 14 heteroatoms. The van der Waals surface area contributed by atoms with Gasteiger partial charge in [0.15, 0.2) is 35.5 Å². The van der Waals surface area contributed by atoms with E-state index in [1.165, 1.54) is 38.5 Å². The van der Waals surface area contributed by atoms with E-state index in [0.29, 0.717) is 39.5 Å². The van der Waals surface area contributed by atoms with Crippen molar-refractivity contribution in [3.8, 4) is 11.5 Å². The van der Waals surface area contributed by atoms with Crippen molar-refractivity contribution in [2.24, 2.45) is 5.92 Å². The van der Waals surface area contributed by atoms with Gasteiger partial charge in [-0.2, -0.15) is 4.73 Å². The minimum atomic E-state index is -1.20. The van der Waals surface area contributed by atoms with Crippen molar-refractivity contribution in [3.05, 3.63) is 122 Å². The highest BCUT2D eigenvalue weighted by atomic mass is 35.5. The number of carbonyl (C=O) groups excluding carboxylic acids is 2. The van der Waals surface area contributed by atoms with Gasteiger partial charge in [0.1, 0.15) is 22.3 Å². The summed E-state index contributed by atoms with van der Waals surface area (Å²) in [6.07, 6.45) is 1.91. The van der Waals surface area contributed by atoms with Crippen LogP contribution in [0.3, 0.4) is 0 Å². The molecular formula is C37H35Cl2F2N3O7. The van der Waals surface area contributed by atoms with Gasteiger partial charge in [0, 0.05) is 18.5 Å². The van der Waals surface area contributed by atoms with Gasteiger partial charge in [-0.25, -0.2) is 18.4 Å². The SMILES string of the molecule is COc1ccc(C(Cc2c(Cl)c[n+]([O-])cc2Cl)OC(=O)c2cccc(CN(C(=O)O[C@H]3CN4CCC3CC4)c3cccc(F)c3F)c2)cc1OC. The van der Waals surface area contributed by atoms with E-state index >= 15 is 4.39 Å². The van der Waals surface area contributed by atoms with Gasteiger partial charge in [-0.05, 0) is 79.4 Å². The number of ether oxygens (including phenoxy) is 4. The molecule has 2 atom stereocenters. The summed E-state index contributed by atoms with van der Waals surface area (Å²) in [6.45, 7) is 2.21. The number of rotatable bonds is 11. The molecule has 4 aromatic rings. The summed E-state index contributed by atoms with van der Waals surface area (Å²) in [5.41, 5.74) is 1.15. The van der Waals surface area contributed by atoms with E-state index in [2.05, 4.69) is 4.90 Å². The van der Waals surface area contributed by atoms with Crippen molar-refractivity contribution in [1.82, 2.24) is 4.90 Å². The number of amides is 1. The maximum Gasteiger partial charge on any atom is 0.415 e. The second-order valence-corrected chi connectivity index (χ2v) is 13.2. The van der Waals surface area contributed by atoms with Crippen LogP contribution in [0.2, 0.25) is 10.0 Å². The van der Waals surface area contributed by atoms with Gasteiger partial charge >= 0.3 is 12.1 Å². The first kappa shape index (κ1) is 36.2. The quantitative estimate of drug-likeness (QED) is 0.0897. The van der Waals surface area contributed by atoms with Crippen LogP contribution in [0.5, 0.6) is 11.5 Å². The third-order valence-corrected chi connectivity index (χ3v) is 9.92. The zero-order valence-corrected chi connectivity index (χ0v) is 29.3. The van der Waals surface area contributed by atoms with E-state index in [1.54, 1.807) is 30.3 Å². The molecule has 0 radical (unpaired) electrons. The molecule has 268 valence electrons. The Morgan fingerprint density at radius 2 is 1.69 bits per heavy atom. The Labute approximate surface area is 303 Å². The Bertz CT molecular complexity index is 1900. The molecule has 0 saturated carbocycles. The minimum absolute atomic E-state index is 0.00250. The van der Waals surface area contributed by atoms with E-state index in [9.17, 15) is 19.2 Å². The van der Waals surface area contributed by atoms with Gasteiger partial charge in [-0.1, -0.05) is 47.5 Å². The van der Waals surface area contributed by atoms with Crippen LogP contribution in [0.1, 0.15) is 46.0 Å². The number of hydrogen-bond donors (Lipinski definition) is 0. The van der Waals surface area contributed by atoms with E-state index < -0.39 is 29.8 Å². The molecule has 1 unspecified atom stereocenters. The van der Waals surface area contributed by atoms with Crippen LogP contribution in [0.25, 0.3) is 0 Å². The molecule has 7 rings (SSSR count). The standard InChI is InChI=1S/C37H35Cl2F2N3O7/c1-48-31-10-9-24(16-33(31)49-2)32(17-26-27(38)19-43(47)20-28(26)39)50-36(45)25-6-3-5-22(15-25)18-44(30-8-4-7-29(40)35(30)41)37(46)51-34-21-42-13-11-23(34)12-14-42/h3-10,15-16,19-20,23,32,34H,11-14,17-18,21H2,1-2H3/t32?,34-/m0/s1. The number of halogens is 4. The maximum atomic E-state index is 15.2. The van der Waals surface area contributed by atoms with Gasteiger partial charge in [-0.3, -0.25) is 9.80 Å². The molecule has 3 aromatic carbocycles. The van der Waals surface area contributed by atoms with Crippen molar-refractivity contribution < 1.29 is 42.0 Å². The largest absolute Gasteiger partial charge is 0.619 e. The van der Waals surface area contributed by atoms with Crippen molar-refractivity contribution in [1.29, 1.82) is 0 Å². The number of aromatic nitrogens is 1. The van der Waals surface area contributed by atoms with Crippen LogP contribution >= 0.6 is 23.2 Å². The van der Waals surface area contributed by atoms with Crippen molar-refractivity contribution in [3.63, 3.8) is 0 Å². The predicted molar refractivity (Wildman–Crippen MR) is 185 cm³/mol. The molecule has 1 aromatic heterocycles. The molecule has 3 fully saturated rings. The lowest BCUT2D eigenvalue weighted by atomic mass is 9.86. The van der Waals surface area contributed by atoms with E-state index in [0.717, 1.165) is 49.3 Å². The summed E-state index contributed by atoms with van der Waals surface area (Å²) in [5, 5.41) is 12.1. The van der Waals surface area contributed by atoms with Crippen LogP contribution in [0.15, 0.2) is 73.1 Å². The number of methoxy groups -OCH3 is 2. The number of pyridine rings is 1. The number of carbonyl (C=O) groups is 2. The topological polar surface area (TPSA) is 104 Å². The molecule has 51 heavy (non-hydrogen) atoms. The molecule has 4 heterocycles. The number of hydrogen-bond acceptors (Lipinski definition) is 8. The number of esters is 1. The number of nitrogens with zero attached hydrogens (tertiary/aromatic N) is 3. The average molecular weight is 743 g/mol. The molecule has 0 aliphatic carbocycles. The number of piperidine rings is 3. The van der Waals surface area contributed by atoms with Gasteiger partial charge in [-0.15, -0.1) is 0 Å². The number of benzene rings is 3. The smallest absolute Gasteiger partial charge is 0.415 e. The first-order valence-electron chi connectivity index (χ1n) is 16.3. The number of anilines is 1. The summed E-state index contributed by atoms with van der Waals surface area (Å²) in [6, 6.07) is 14.9. The Morgan fingerprint density at radius 1 is 0.980 bits per heavy atom. The zero-order chi connectivity index (χ0) is 36.2. The fraction of sp³-hybridized carbons (Fsp3) is 0.324. The lowest BCUT2D eigenvalue weighted by Gasteiger charge is -2.44. The Morgan fingerprint density at radius 3 is 2.35 bits per heavy atom. The molecule has 0 spiro atoms.